The number of carbonyl (C=O) groups excluding carboxylic acids is 1. The van der Waals surface area contributed by atoms with Crippen LogP contribution in [0.1, 0.15) is 16.3 Å². The lowest BCUT2D eigenvalue weighted by molar-refractivity contribution is 0.0992. The molecular formula is C20H18Cl2N2O3. The van der Waals surface area contributed by atoms with E-state index in [4.69, 9.17) is 32.4 Å². The predicted octanol–water partition coefficient (Wildman–Crippen LogP) is 5.48. The molecule has 0 fully saturated rings. The summed E-state index contributed by atoms with van der Waals surface area (Å²) in [4.78, 5) is 14.3. The molecule has 1 heterocycles. The van der Waals surface area contributed by atoms with Gasteiger partial charge in [0.25, 0.3) is 5.91 Å². The fraction of sp³-hybridized carbons (Fsp3) is 0.150. The summed E-state index contributed by atoms with van der Waals surface area (Å²) >= 11 is 12.0. The van der Waals surface area contributed by atoms with Gasteiger partial charge in [0.05, 0.1) is 5.02 Å². The van der Waals surface area contributed by atoms with Crippen molar-refractivity contribution in [1.29, 1.82) is 0 Å². The number of nitrogens with zero attached hydrogens (tertiary/aromatic N) is 1. The minimum atomic E-state index is -0.334. The molecule has 1 amide bonds. The number of halogens is 2. The van der Waals surface area contributed by atoms with Gasteiger partial charge in [-0.3, -0.25) is 4.79 Å². The molecule has 140 valence electrons. The van der Waals surface area contributed by atoms with Gasteiger partial charge < -0.3 is 19.4 Å². The van der Waals surface area contributed by atoms with Crippen molar-refractivity contribution in [3.8, 4) is 5.75 Å². The molecule has 5 nitrogen and oxygen atoms in total. The summed E-state index contributed by atoms with van der Waals surface area (Å²) in [5.41, 5.74) is 1.73. The van der Waals surface area contributed by atoms with Gasteiger partial charge in [0.15, 0.2) is 5.76 Å². The summed E-state index contributed by atoms with van der Waals surface area (Å²) in [6.07, 6.45) is 0. The van der Waals surface area contributed by atoms with Crippen LogP contribution in [-0.2, 0) is 6.61 Å². The van der Waals surface area contributed by atoms with Crippen LogP contribution in [0, 0.1) is 0 Å². The summed E-state index contributed by atoms with van der Waals surface area (Å²) in [7, 11) is 3.91. The zero-order chi connectivity index (χ0) is 19.4. The smallest absolute Gasteiger partial charge is 0.291 e. The van der Waals surface area contributed by atoms with Crippen LogP contribution in [0.5, 0.6) is 5.75 Å². The first-order valence-corrected chi connectivity index (χ1v) is 8.93. The Balaban J connectivity index is 1.61. The summed E-state index contributed by atoms with van der Waals surface area (Å²) < 4.78 is 11.2. The Morgan fingerprint density at radius 3 is 2.52 bits per heavy atom. The molecule has 3 aromatic rings. The largest absolute Gasteiger partial charge is 0.484 e. The van der Waals surface area contributed by atoms with Gasteiger partial charge in [-0.05, 0) is 48.5 Å². The molecule has 0 saturated carbocycles. The first-order chi connectivity index (χ1) is 12.9. The van der Waals surface area contributed by atoms with Gasteiger partial charge in [-0.1, -0.05) is 23.2 Å². The lowest BCUT2D eigenvalue weighted by atomic mass is 10.2. The van der Waals surface area contributed by atoms with E-state index < -0.39 is 0 Å². The molecule has 0 spiro atoms. The number of ether oxygens (including phenoxy) is 1. The second-order valence-corrected chi connectivity index (χ2v) is 6.87. The third-order valence-electron chi connectivity index (χ3n) is 3.79. The van der Waals surface area contributed by atoms with Crippen LogP contribution >= 0.6 is 23.2 Å². The number of carbonyl (C=O) groups is 1. The Morgan fingerprint density at radius 1 is 1.07 bits per heavy atom. The second kappa shape index (κ2) is 8.37. The molecule has 0 atom stereocenters. The van der Waals surface area contributed by atoms with Gasteiger partial charge in [0.1, 0.15) is 18.1 Å². The number of amides is 1. The highest BCUT2D eigenvalue weighted by atomic mass is 35.5. The van der Waals surface area contributed by atoms with E-state index in [2.05, 4.69) is 5.32 Å². The molecule has 0 bridgehead atoms. The van der Waals surface area contributed by atoms with E-state index in [1.807, 2.05) is 43.3 Å². The predicted molar refractivity (Wildman–Crippen MR) is 108 cm³/mol. The maximum absolute atomic E-state index is 12.3. The average Bonchev–Trinajstić information content (AvgIpc) is 3.12. The standard InChI is InChI=1S/C20H18Cl2N2O3/c1-24(2)15-6-4-14(5-7-15)23-20(25)18-10-8-16(27-18)12-26-19-11-13(21)3-9-17(19)22/h3-11H,12H2,1-2H3,(H,23,25). The van der Waals surface area contributed by atoms with Crippen LogP contribution in [-0.4, -0.2) is 20.0 Å². The van der Waals surface area contributed by atoms with Gasteiger partial charge in [0.2, 0.25) is 0 Å². The highest BCUT2D eigenvalue weighted by Gasteiger charge is 2.13. The van der Waals surface area contributed by atoms with Crippen molar-refractivity contribution in [2.24, 2.45) is 0 Å². The van der Waals surface area contributed by atoms with Crippen molar-refractivity contribution < 1.29 is 13.9 Å². The first kappa shape index (κ1) is 19.1. The van der Waals surface area contributed by atoms with Gasteiger partial charge in [-0.15, -0.1) is 0 Å². The summed E-state index contributed by atoms with van der Waals surface area (Å²) in [6, 6.07) is 15.8. The Bertz CT molecular complexity index is 937. The first-order valence-electron chi connectivity index (χ1n) is 8.17. The topological polar surface area (TPSA) is 54.7 Å². The highest BCUT2D eigenvalue weighted by molar-refractivity contribution is 6.34. The Hall–Kier alpha value is -2.63. The maximum Gasteiger partial charge on any atom is 0.291 e. The number of nitrogens with one attached hydrogen (secondary N) is 1. The van der Waals surface area contributed by atoms with E-state index in [0.717, 1.165) is 5.69 Å². The number of furan rings is 1. The van der Waals surface area contributed by atoms with E-state index in [1.54, 1.807) is 30.3 Å². The normalized spacial score (nSPS) is 10.5. The molecule has 3 rings (SSSR count). The zero-order valence-corrected chi connectivity index (χ0v) is 16.3. The molecule has 0 aliphatic heterocycles. The van der Waals surface area contributed by atoms with Crippen LogP contribution in [0.3, 0.4) is 0 Å². The number of hydrogen-bond acceptors (Lipinski definition) is 4. The van der Waals surface area contributed by atoms with E-state index >= 15 is 0 Å². The molecule has 2 aromatic carbocycles. The molecule has 7 heteroatoms. The summed E-state index contributed by atoms with van der Waals surface area (Å²) in [6.45, 7) is 0.130. The zero-order valence-electron chi connectivity index (χ0n) is 14.8. The van der Waals surface area contributed by atoms with Crippen molar-refractivity contribution in [2.45, 2.75) is 6.61 Å². The Kier molecular flexibility index (Phi) is 5.94. The minimum Gasteiger partial charge on any atom is -0.484 e. The Labute approximate surface area is 167 Å². The molecule has 0 aliphatic rings. The average molecular weight is 405 g/mol. The third kappa shape index (κ3) is 4.96. The molecule has 1 N–H and O–H groups in total. The van der Waals surface area contributed by atoms with Crippen LogP contribution < -0.4 is 15.0 Å². The fourth-order valence-corrected chi connectivity index (χ4v) is 2.68. The van der Waals surface area contributed by atoms with Crippen LogP contribution in [0.25, 0.3) is 0 Å². The third-order valence-corrected chi connectivity index (χ3v) is 4.34. The number of rotatable bonds is 6. The Morgan fingerprint density at radius 2 is 1.81 bits per heavy atom. The molecule has 1 aromatic heterocycles. The van der Waals surface area contributed by atoms with Crippen LogP contribution in [0.4, 0.5) is 11.4 Å². The summed E-state index contributed by atoms with van der Waals surface area (Å²) in [5, 5.41) is 3.77. The highest BCUT2D eigenvalue weighted by Crippen LogP contribution is 2.28. The van der Waals surface area contributed by atoms with Crippen LogP contribution in [0.2, 0.25) is 10.0 Å². The van der Waals surface area contributed by atoms with E-state index in [9.17, 15) is 4.79 Å². The number of benzene rings is 2. The molecule has 0 saturated heterocycles. The van der Waals surface area contributed by atoms with Crippen molar-refractivity contribution in [2.75, 3.05) is 24.3 Å². The molecule has 0 radical (unpaired) electrons. The fourth-order valence-electron chi connectivity index (χ4n) is 2.35. The van der Waals surface area contributed by atoms with Gasteiger partial charge in [-0.2, -0.15) is 0 Å². The van der Waals surface area contributed by atoms with Gasteiger partial charge >= 0.3 is 0 Å². The van der Waals surface area contributed by atoms with Crippen molar-refractivity contribution >= 4 is 40.5 Å². The van der Waals surface area contributed by atoms with Crippen LogP contribution in [0.15, 0.2) is 59.0 Å². The maximum atomic E-state index is 12.3. The second-order valence-electron chi connectivity index (χ2n) is 6.02. The lowest BCUT2D eigenvalue weighted by Gasteiger charge is -2.12. The van der Waals surface area contributed by atoms with Crippen molar-refractivity contribution in [3.63, 3.8) is 0 Å². The molecule has 27 heavy (non-hydrogen) atoms. The SMILES string of the molecule is CN(C)c1ccc(NC(=O)c2ccc(COc3cc(Cl)ccc3Cl)o2)cc1. The van der Waals surface area contributed by atoms with Crippen molar-refractivity contribution in [3.05, 3.63) is 76.2 Å². The minimum absolute atomic E-state index is 0.130. The number of anilines is 2. The van der Waals surface area contributed by atoms with E-state index in [-0.39, 0.29) is 18.3 Å². The lowest BCUT2D eigenvalue weighted by Crippen LogP contribution is -2.12. The summed E-state index contributed by atoms with van der Waals surface area (Å²) in [5.74, 6) is 0.814. The van der Waals surface area contributed by atoms with Crippen molar-refractivity contribution in [1.82, 2.24) is 0 Å². The van der Waals surface area contributed by atoms with Gasteiger partial charge in [-0.25, -0.2) is 0 Å². The quantitative estimate of drug-likeness (QED) is 0.590. The molecule has 0 unspecified atom stereocenters. The van der Waals surface area contributed by atoms with E-state index in [1.165, 1.54) is 0 Å². The van der Waals surface area contributed by atoms with Gasteiger partial charge in [0, 0.05) is 36.6 Å². The molecule has 0 aliphatic carbocycles. The monoisotopic (exact) mass is 404 g/mol. The molecular weight excluding hydrogens is 387 g/mol. The number of hydrogen-bond donors (Lipinski definition) is 1. The van der Waals surface area contributed by atoms with E-state index in [0.29, 0.717) is 27.2 Å².